The van der Waals surface area contributed by atoms with Crippen LogP contribution in [0.1, 0.15) is 5.56 Å². The molecule has 25 heavy (non-hydrogen) atoms. The first-order valence-corrected chi connectivity index (χ1v) is 9.88. The first-order valence-electron chi connectivity index (χ1n) is 7.69. The topological polar surface area (TPSA) is 40.6 Å². The third-order valence-corrected chi connectivity index (χ3v) is 6.99. The molecule has 136 valence electrons. The molecule has 1 heterocycles. The van der Waals surface area contributed by atoms with E-state index in [1.807, 2.05) is 18.2 Å². The Morgan fingerprint density at radius 1 is 0.880 bits per heavy atom. The zero-order valence-corrected chi connectivity index (χ0v) is 16.5. The average molecular weight is 421 g/mol. The summed E-state index contributed by atoms with van der Waals surface area (Å²) in [6.07, 6.45) is 0. The van der Waals surface area contributed by atoms with Gasteiger partial charge >= 0.3 is 0 Å². The molecule has 2 aromatic carbocycles. The van der Waals surface area contributed by atoms with E-state index in [-0.39, 0.29) is 27.3 Å². The smallest absolute Gasteiger partial charge is 0.244 e. The van der Waals surface area contributed by atoms with Crippen LogP contribution in [0, 0.1) is 0 Å². The van der Waals surface area contributed by atoms with Crippen LogP contribution < -0.4 is 12.4 Å². The van der Waals surface area contributed by atoms with E-state index in [1.54, 1.807) is 12.1 Å². The van der Waals surface area contributed by atoms with Gasteiger partial charge in [0.05, 0.1) is 10.0 Å². The number of piperazine rings is 1. The van der Waals surface area contributed by atoms with E-state index in [1.165, 1.54) is 15.9 Å². The number of halogens is 3. The monoisotopic (exact) mass is 419 g/mol. The van der Waals surface area contributed by atoms with Crippen molar-refractivity contribution in [1.82, 2.24) is 9.21 Å². The molecule has 0 unspecified atom stereocenters. The van der Waals surface area contributed by atoms with Gasteiger partial charge in [-0.1, -0.05) is 59.6 Å². The average Bonchev–Trinajstić information content (AvgIpc) is 2.58. The highest BCUT2D eigenvalue weighted by atomic mass is 35.5. The number of benzene rings is 2. The molecule has 0 spiro atoms. The van der Waals surface area contributed by atoms with Crippen LogP contribution in [0.5, 0.6) is 0 Å². The maximum absolute atomic E-state index is 12.8. The summed E-state index contributed by atoms with van der Waals surface area (Å²) in [5.41, 5.74) is 1.23. The van der Waals surface area contributed by atoms with Gasteiger partial charge in [0.2, 0.25) is 10.0 Å². The van der Waals surface area contributed by atoms with Crippen molar-refractivity contribution in [2.75, 3.05) is 26.2 Å². The molecule has 0 atom stereocenters. The van der Waals surface area contributed by atoms with Crippen molar-refractivity contribution in [1.29, 1.82) is 0 Å². The quantitative estimate of drug-likeness (QED) is 0.723. The summed E-state index contributed by atoms with van der Waals surface area (Å²) in [7, 11) is -3.62. The molecule has 1 aliphatic rings. The lowest BCUT2D eigenvalue weighted by Crippen LogP contribution is -3.00. The van der Waals surface area contributed by atoms with Gasteiger partial charge in [0.25, 0.3) is 0 Å². The molecule has 4 nitrogen and oxygen atoms in total. The van der Waals surface area contributed by atoms with Crippen LogP contribution in [0.4, 0.5) is 0 Å². The second-order valence-corrected chi connectivity index (χ2v) is 8.41. The third-order valence-electron chi connectivity index (χ3n) is 4.11. The van der Waals surface area contributed by atoms with Crippen LogP contribution >= 0.6 is 23.2 Å². The largest absolute Gasteiger partial charge is 1.00 e. The van der Waals surface area contributed by atoms with Gasteiger partial charge in [-0.05, 0) is 17.7 Å². The molecule has 0 bridgehead atoms. The Balaban J connectivity index is 0.00000225. The fourth-order valence-corrected chi connectivity index (χ4v) is 4.95. The van der Waals surface area contributed by atoms with Gasteiger partial charge in [0.1, 0.15) is 4.90 Å². The lowest BCUT2D eigenvalue weighted by Gasteiger charge is -2.34. The van der Waals surface area contributed by atoms with Crippen LogP contribution in [-0.4, -0.2) is 43.8 Å². The SMILES string of the molecule is O=S(=O)(c1cccc(Cl)c1Cl)N1CCN(Cc2ccccc2)CC1.[Cl-]. The van der Waals surface area contributed by atoms with Gasteiger partial charge in [0, 0.05) is 32.7 Å². The molecule has 1 aliphatic heterocycles. The Hall–Kier alpha value is -0.820. The number of hydrogen-bond donors (Lipinski definition) is 0. The fourth-order valence-electron chi connectivity index (χ4n) is 2.79. The zero-order valence-electron chi connectivity index (χ0n) is 13.4. The summed E-state index contributed by atoms with van der Waals surface area (Å²) in [5.74, 6) is 0. The van der Waals surface area contributed by atoms with E-state index in [2.05, 4.69) is 17.0 Å². The van der Waals surface area contributed by atoms with Crippen LogP contribution in [0.3, 0.4) is 0 Å². The van der Waals surface area contributed by atoms with E-state index >= 15 is 0 Å². The lowest BCUT2D eigenvalue weighted by molar-refractivity contribution is -0.00000735. The minimum Gasteiger partial charge on any atom is -1.00 e. The minimum absolute atomic E-state index is 0. The summed E-state index contributed by atoms with van der Waals surface area (Å²) in [5, 5.41) is 0.339. The Labute approximate surface area is 164 Å². The predicted octanol–water partition coefficient (Wildman–Crippen LogP) is 0.504. The number of nitrogens with zero attached hydrogens (tertiary/aromatic N) is 2. The molecule has 1 fully saturated rings. The van der Waals surface area contributed by atoms with E-state index in [9.17, 15) is 8.42 Å². The van der Waals surface area contributed by atoms with Crippen LogP contribution in [0.2, 0.25) is 10.0 Å². The number of sulfonamides is 1. The predicted molar refractivity (Wildman–Crippen MR) is 96.9 cm³/mol. The van der Waals surface area contributed by atoms with Gasteiger partial charge < -0.3 is 12.4 Å². The summed E-state index contributed by atoms with van der Waals surface area (Å²) in [6.45, 7) is 3.08. The van der Waals surface area contributed by atoms with Crippen LogP contribution in [0.25, 0.3) is 0 Å². The standard InChI is InChI=1S/C17H18Cl2N2O2S.ClH/c18-15-7-4-8-16(17(15)19)24(22,23)21-11-9-20(10-12-21)13-14-5-2-1-3-6-14;/h1-8H,9-13H2;1H/p-1. The van der Waals surface area contributed by atoms with Crippen LogP contribution in [0.15, 0.2) is 53.4 Å². The molecular formula is C17H18Cl3N2O2S-. The molecular weight excluding hydrogens is 403 g/mol. The van der Waals surface area contributed by atoms with Crippen molar-refractivity contribution < 1.29 is 20.8 Å². The van der Waals surface area contributed by atoms with Crippen molar-refractivity contribution in [2.45, 2.75) is 11.4 Å². The second kappa shape index (κ2) is 8.71. The van der Waals surface area contributed by atoms with E-state index in [0.29, 0.717) is 26.2 Å². The van der Waals surface area contributed by atoms with Gasteiger partial charge in [0.15, 0.2) is 0 Å². The van der Waals surface area contributed by atoms with E-state index in [4.69, 9.17) is 23.2 Å². The maximum Gasteiger partial charge on any atom is 0.244 e. The molecule has 0 saturated carbocycles. The Morgan fingerprint density at radius 3 is 2.16 bits per heavy atom. The maximum atomic E-state index is 12.8. The van der Waals surface area contributed by atoms with Crippen molar-refractivity contribution in [3.8, 4) is 0 Å². The summed E-state index contributed by atoms with van der Waals surface area (Å²) in [6, 6.07) is 14.9. The fraction of sp³-hybridized carbons (Fsp3) is 0.294. The second-order valence-electron chi connectivity index (χ2n) is 5.72. The Kier molecular flexibility index (Phi) is 7.14. The van der Waals surface area contributed by atoms with Gasteiger partial charge in [-0.2, -0.15) is 4.31 Å². The molecule has 8 heteroatoms. The van der Waals surface area contributed by atoms with Gasteiger partial charge in [-0.25, -0.2) is 8.42 Å². The first kappa shape index (κ1) is 20.5. The molecule has 2 aromatic rings. The summed E-state index contributed by atoms with van der Waals surface area (Å²) in [4.78, 5) is 2.33. The highest BCUT2D eigenvalue weighted by Gasteiger charge is 2.30. The van der Waals surface area contributed by atoms with Crippen molar-refractivity contribution in [2.24, 2.45) is 0 Å². The number of hydrogen-bond acceptors (Lipinski definition) is 3. The molecule has 0 radical (unpaired) electrons. The van der Waals surface area contributed by atoms with Crippen molar-refractivity contribution in [3.05, 3.63) is 64.1 Å². The Bertz CT molecular complexity index is 808. The van der Waals surface area contributed by atoms with Crippen LogP contribution in [-0.2, 0) is 16.6 Å². The summed E-state index contributed by atoms with van der Waals surface area (Å²) < 4.78 is 27.1. The zero-order chi connectivity index (χ0) is 17.2. The minimum atomic E-state index is -3.62. The molecule has 0 N–H and O–H groups in total. The molecule has 0 aromatic heterocycles. The lowest BCUT2D eigenvalue weighted by atomic mass is 10.2. The molecule has 0 aliphatic carbocycles. The summed E-state index contributed by atoms with van der Waals surface area (Å²) >= 11 is 12.0. The normalized spacial score (nSPS) is 16.4. The third kappa shape index (κ3) is 4.67. The first-order chi connectivity index (χ1) is 11.5. The van der Waals surface area contributed by atoms with E-state index < -0.39 is 10.0 Å². The highest BCUT2D eigenvalue weighted by Crippen LogP contribution is 2.31. The number of rotatable bonds is 4. The van der Waals surface area contributed by atoms with Crippen molar-refractivity contribution >= 4 is 33.2 Å². The van der Waals surface area contributed by atoms with Gasteiger partial charge in [-0.3, -0.25) is 4.90 Å². The molecule has 0 amide bonds. The van der Waals surface area contributed by atoms with Gasteiger partial charge in [-0.15, -0.1) is 0 Å². The van der Waals surface area contributed by atoms with E-state index in [0.717, 1.165) is 6.54 Å². The molecule has 3 rings (SSSR count). The van der Waals surface area contributed by atoms with Crippen molar-refractivity contribution in [3.63, 3.8) is 0 Å². The Morgan fingerprint density at radius 2 is 1.52 bits per heavy atom. The molecule has 1 saturated heterocycles. The highest BCUT2D eigenvalue weighted by molar-refractivity contribution is 7.89.